The van der Waals surface area contributed by atoms with Gasteiger partial charge in [0.15, 0.2) is 0 Å². The summed E-state index contributed by atoms with van der Waals surface area (Å²) in [5.41, 5.74) is 1.35. The van der Waals surface area contributed by atoms with Gasteiger partial charge >= 0.3 is 0 Å². The standard InChI is InChI=1S/C14H27N/c1-5-6-15-9-12-8-14(12)10-13(3,4)7-11(14)2/h11-12,15H,5-10H2,1-4H3. The molecular weight excluding hydrogens is 182 g/mol. The molecule has 1 spiro atoms. The average molecular weight is 209 g/mol. The molecule has 15 heavy (non-hydrogen) atoms. The van der Waals surface area contributed by atoms with E-state index in [4.69, 9.17) is 0 Å². The first kappa shape index (κ1) is 11.4. The lowest BCUT2D eigenvalue weighted by Gasteiger charge is -2.17. The molecule has 1 N–H and O–H groups in total. The van der Waals surface area contributed by atoms with Crippen molar-refractivity contribution in [1.29, 1.82) is 0 Å². The van der Waals surface area contributed by atoms with Crippen molar-refractivity contribution in [3.8, 4) is 0 Å². The Morgan fingerprint density at radius 1 is 1.27 bits per heavy atom. The van der Waals surface area contributed by atoms with Gasteiger partial charge in [-0.15, -0.1) is 0 Å². The lowest BCUT2D eigenvalue weighted by Crippen LogP contribution is -2.21. The smallest absolute Gasteiger partial charge is 0.00149 e. The first-order valence-electron chi connectivity index (χ1n) is 6.71. The van der Waals surface area contributed by atoms with Crippen LogP contribution < -0.4 is 5.32 Å². The zero-order chi connectivity index (χ0) is 11.1. The van der Waals surface area contributed by atoms with Crippen LogP contribution in [0.15, 0.2) is 0 Å². The van der Waals surface area contributed by atoms with Crippen molar-refractivity contribution in [1.82, 2.24) is 5.32 Å². The van der Waals surface area contributed by atoms with Gasteiger partial charge in [0, 0.05) is 0 Å². The van der Waals surface area contributed by atoms with E-state index < -0.39 is 0 Å². The summed E-state index contributed by atoms with van der Waals surface area (Å²) in [5.74, 6) is 1.95. The SMILES string of the molecule is CCCNCC1CC12CC(C)(C)CC2C. The van der Waals surface area contributed by atoms with Crippen molar-refractivity contribution in [3.63, 3.8) is 0 Å². The Bertz CT molecular complexity index is 233. The Morgan fingerprint density at radius 2 is 2.00 bits per heavy atom. The summed E-state index contributed by atoms with van der Waals surface area (Å²) in [5, 5.41) is 3.60. The first-order valence-corrected chi connectivity index (χ1v) is 6.71. The average Bonchev–Trinajstić information content (AvgIpc) is 2.72. The number of rotatable bonds is 4. The van der Waals surface area contributed by atoms with Crippen LogP contribution in [0.5, 0.6) is 0 Å². The molecule has 0 saturated heterocycles. The van der Waals surface area contributed by atoms with Crippen molar-refractivity contribution in [2.45, 2.75) is 53.4 Å². The molecule has 2 rings (SSSR count). The van der Waals surface area contributed by atoms with E-state index in [1.54, 1.807) is 0 Å². The van der Waals surface area contributed by atoms with Crippen molar-refractivity contribution in [2.24, 2.45) is 22.7 Å². The molecule has 1 nitrogen and oxygen atoms in total. The first-order chi connectivity index (χ1) is 7.00. The van der Waals surface area contributed by atoms with Gasteiger partial charge < -0.3 is 5.32 Å². The molecular formula is C14H27N. The van der Waals surface area contributed by atoms with Gasteiger partial charge in [0.1, 0.15) is 0 Å². The highest BCUT2D eigenvalue weighted by atomic mass is 14.9. The third kappa shape index (κ3) is 2.08. The van der Waals surface area contributed by atoms with E-state index in [0.717, 1.165) is 17.3 Å². The summed E-state index contributed by atoms with van der Waals surface area (Å²) < 4.78 is 0. The molecule has 0 aliphatic heterocycles. The fourth-order valence-corrected chi connectivity index (χ4v) is 4.12. The second-order valence-corrected chi connectivity index (χ2v) is 6.78. The monoisotopic (exact) mass is 209 g/mol. The molecule has 3 atom stereocenters. The van der Waals surface area contributed by atoms with Crippen molar-refractivity contribution >= 4 is 0 Å². The highest BCUT2D eigenvalue weighted by Gasteiger charge is 2.62. The molecule has 0 aromatic rings. The molecule has 2 fully saturated rings. The summed E-state index contributed by atoms with van der Waals surface area (Å²) in [6.07, 6.45) is 5.67. The van der Waals surface area contributed by atoms with Crippen LogP contribution in [0, 0.1) is 22.7 Å². The van der Waals surface area contributed by atoms with Gasteiger partial charge in [0.25, 0.3) is 0 Å². The van der Waals surface area contributed by atoms with Crippen LogP contribution >= 0.6 is 0 Å². The van der Waals surface area contributed by atoms with E-state index >= 15 is 0 Å². The predicted molar refractivity (Wildman–Crippen MR) is 65.9 cm³/mol. The molecule has 0 aromatic carbocycles. The summed E-state index contributed by atoms with van der Waals surface area (Å²) >= 11 is 0. The summed E-state index contributed by atoms with van der Waals surface area (Å²) in [6, 6.07) is 0. The van der Waals surface area contributed by atoms with Crippen LogP contribution in [0.2, 0.25) is 0 Å². The topological polar surface area (TPSA) is 12.0 Å². The molecule has 2 aliphatic carbocycles. The van der Waals surface area contributed by atoms with Crippen LogP contribution in [-0.2, 0) is 0 Å². The maximum Gasteiger partial charge on any atom is -0.00149 e. The van der Waals surface area contributed by atoms with E-state index in [9.17, 15) is 0 Å². The molecule has 2 saturated carbocycles. The van der Waals surface area contributed by atoms with E-state index in [0.29, 0.717) is 5.41 Å². The minimum atomic E-state index is 0.610. The molecule has 0 heterocycles. The fraction of sp³-hybridized carbons (Fsp3) is 1.00. The van der Waals surface area contributed by atoms with Crippen LogP contribution in [-0.4, -0.2) is 13.1 Å². The Kier molecular flexibility index (Phi) is 2.87. The van der Waals surface area contributed by atoms with E-state index in [2.05, 4.69) is 33.0 Å². The van der Waals surface area contributed by atoms with Gasteiger partial charge in [-0.1, -0.05) is 27.7 Å². The summed E-state index contributed by atoms with van der Waals surface area (Å²) in [6.45, 7) is 12.1. The molecule has 0 amide bonds. The van der Waals surface area contributed by atoms with Gasteiger partial charge in [0.05, 0.1) is 0 Å². The normalized spacial score (nSPS) is 42.4. The van der Waals surface area contributed by atoms with Gasteiger partial charge in [-0.05, 0) is 61.4 Å². The summed E-state index contributed by atoms with van der Waals surface area (Å²) in [7, 11) is 0. The second kappa shape index (κ2) is 3.76. The van der Waals surface area contributed by atoms with Gasteiger partial charge in [0.2, 0.25) is 0 Å². The van der Waals surface area contributed by atoms with Gasteiger partial charge in [-0.3, -0.25) is 0 Å². The molecule has 0 aromatic heterocycles. The third-order valence-electron chi connectivity index (χ3n) is 4.74. The maximum absolute atomic E-state index is 3.60. The number of nitrogens with one attached hydrogen (secondary N) is 1. The molecule has 1 heteroatoms. The maximum atomic E-state index is 3.60. The fourth-order valence-electron chi connectivity index (χ4n) is 4.12. The lowest BCUT2D eigenvalue weighted by atomic mass is 9.89. The lowest BCUT2D eigenvalue weighted by molar-refractivity contribution is 0.330. The minimum absolute atomic E-state index is 0.610. The van der Waals surface area contributed by atoms with E-state index in [1.165, 1.54) is 38.8 Å². The van der Waals surface area contributed by atoms with Crippen molar-refractivity contribution in [2.75, 3.05) is 13.1 Å². The van der Waals surface area contributed by atoms with E-state index in [-0.39, 0.29) is 0 Å². The molecule has 2 aliphatic rings. The summed E-state index contributed by atoms with van der Waals surface area (Å²) in [4.78, 5) is 0. The van der Waals surface area contributed by atoms with Crippen LogP contribution in [0.3, 0.4) is 0 Å². The van der Waals surface area contributed by atoms with Crippen molar-refractivity contribution in [3.05, 3.63) is 0 Å². The zero-order valence-electron chi connectivity index (χ0n) is 10.9. The van der Waals surface area contributed by atoms with Gasteiger partial charge in [-0.25, -0.2) is 0 Å². The van der Waals surface area contributed by atoms with Crippen LogP contribution in [0.4, 0.5) is 0 Å². The number of hydrogen-bond acceptors (Lipinski definition) is 1. The molecule has 0 radical (unpaired) electrons. The minimum Gasteiger partial charge on any atom is -0.316 e. The van der Waals surface area contributed by atoms with Crippen LogP contribution in [0.25, 0.3) is 0 Å². The number of hydrogen-bond donors (Lipinski definition) is 1. The van der Waals surface area contributed by atoms with Crippen molar-refractivity contribution < 1.29 is 0 Å². The highest BCUT2D eigenvalue weighted by molar-refractivity contribution is 5.12. The Labute approximate surface area is 95.0 Å². The molecule has 3 unspecified atom stereocenters. The van der Waals surface area contributed by atoms with Gasteiger partial charge in [-0.2, -0.15) is 0 Å². The largest absolute Gasteiger partial charge is 0.316 e. The Hall–Kier alpha value is -0.0400. The quantitative estimate of drug-likeness (QED) is 0.699. The Balaban J connectivity index is 1.85. The highest BCUT2D eigenvalue weighted by Crippen LogP contribution is 2.69. The molecule has 88 valence electrons. The zero-order valence-corrected chi connectivity index (χ0v) is 10.9. The Morgan fingerprint density at radius 3 is 2.53 bits per heavy atom. The second-order valence-electron chi connectivity index (χ2n) is 6.78. The predicted octanol–water partition coefficient (Wildman–Crippen LogP) is 3.45. The molecule has 0 bridgehead atoms. The van der Waals surface area contributed by atoms with E-state index in [1.807, 2.05) is 0 Å². The third-order valence-corrected chi connectivity index (χ3v) is 4.74. The van der Waals surface area contributed by atoms with Crippen LogP contribution in [0.1, 0.15) is 53.4 Å².